The molecule has 2 aromatic rings. The molecular weight excluding hydrogens is 288 g/mol. The number of benzene rings is 1. The van der Waals surface area contributed by atoms with Crippen LogP contribution in [0, 0.1) is 0 Å². The van der Waals surface area contributed by atoms with Crippen LogP contribution in [0.4, 0.5) is 5.82 Å². The zero-order valence-corrected chi connectivity index (χ0v) is 14.0. The Labute approximate surface area is 137 Å². The Kier molecular flexibility index (Phi) is 6.09. The van der Waals surface area contributed by atoms with Gasteiger partial charge in [0.05, 0.1) is 0 Å². The predicted octanol–water partition coefficient (Wildman–Crippen LogP) is 3.03. The monoisotopic (exact) mass is 312 g/mol. The summed E-state index contributed by atoms with van der Waals surface area (Å²) in [6.45, 7) is 7.65. The van der Waals surface area contributed by atoms with E-state index in [4.69, 9.17) is 0 Å². The van der Waals surface area contributed by atoms with Gasteiger partial charge in [-0.05, 0) is 38.0 Å². The van der Waals surface area contributed by atoms with Crippen molar-refractivity contribution >= 4 is 11.7 Å². The molecule has 0 radical (unpaired) electrons. The van der Waals surface area contributed by atoms with Crippen molar-refractivity contribution in [1.29, 1.82) is 0 Å². The van der Waals surface area contributed by atoms with E-state index in [1.165, 1.54) is 5.56 Å². The van der Waals surface area contributed by atoms with Gasteiger partial charge < -0.3 is 10.2 Å². The van der Waals surface area contributed by atoms with Crippen molar-refractivity contribution in [3.05, 3.63) is 53.7 Å². The first-order valence-corrected chi connectivity index (χ1v) is 8.04. The van der Waals surface area contributed by atoms with Crippen molar-refractivity contribution in [2.45, 2.75) is 39.8 Å². The third-order valence-electron chi connectivity index (χ3n) is 3.53. The van der Waals surface area contributed by atoms with Gasteiger partial charge in [-0.15, -0.1) is 10.2 Å². The van der Waals surface area contributed by atoms with Crippen LogP contribution in [-0.4, -0.2) is 28.7 Å². The maximum absolute atomic E-state index is 11.9. The van der Waals surface area contributed by atoms with Gasteiger partial charge in [-0.1, -0.05) is 37.3 Å². The summed E-state index contributed by atoms with van der Waals surface area (Å²) in [5.74, 6) is 0.598. The second kappa shape index (κ2) is 8.27. The Morgan fingerprint density at radius 3 is 2.43 bits per heavy atom. The zero-order valence-electron chi connectivity index (χ0n) is 14.0. The highest BCUT2D eigenvalue weighted by molar-refractivity contribution is 5.92. The van der Waals surface area contributed by atoms with Crippen molar-refractivity contribution in [3.8, 4) is 0 Å². The number of carbonyl (C=O) groups is 1. The van der Waals surface area contributed by atoms with Crippen LogP contribution in [0.15, 0.2) is 42.5 Å². The van der Waals surface area contributed by atoms with E-state index < -0.39 is 0 Å². The fourth-order valence-corrected chi connectivity index (χ4v) is 2.24. The van der Waals surface area contributed by atoms with Crippen LogP contribution in [0.2, 0.25) is 0 Å². The summed E-state index contributed by atoms with van der Waals surface area (Å²) in [5.41, 5.74) is 1.57. The maximum atomic E-state index is 11.9. The minimum absolute atomic E-state index is 0.176. The van der Waals surface area contributed by atoms with Gasteiger partial charge in [-0.3, -0.25) is 4.79 Å². The number of rotatable bonds is 7. The van der Waals surface area contributed by atoms with E-state index in [2.05, 4.69) is 46.4 Å². The van der Waals surface area contributed by atoms with Crippen molar-refractivity contribution < 1.29 is 4.79 Å². The molecular formula is C18H24N4O. The molecule has 0 saturated carbocycles. The van der Waals surface area contributed by atoms with E-state index in [1.54, 1.807) is 6.07 Å². The second-order valence-electron chi connectivity index (χ2n) is 5.74. The molecule has 0 aliphatic rings. The molecule has 0 saturated heterocycles. The van der Waals surface area contributed by atoms with E-state index in [-0.39, 0.29) is 11.9 Å². The van der Waals surface area contributed by atoms with E-state index in [1.807, 2.05) is 31.2 Å². The molecule has 1 heterocycles. The number of anilines is 1. The zero-order chi connectivity index (χ0) is 16.7. The van der Waals surface area contributed by atoms with Crippen molar-refractivity contribution in [1.82, 2.24) is 15.5 Å². The molecule has 1 N–H and O–H groups in total. The van der Waals surface area contributed by atoms with E-state index in [0.29, 0.717) is 12.2 Å². The average molecular weight is 312 g/mol. The number of nitrogens with zero attached hydrogens (tertiary/aromatic N) is 3. The third kappa shape index (κ3) is 4.77. The van der Waals surface area contributed by atoms with Crippen molar-refractivity contribution in [2.24, 2.45) is 0 Å². The van der Waals surface area contributed by atoms with Crippen molar-refractivity contribution in [3.63, 3.8) is 0 Å². The Morgan fingerprint density at radius 1 is 1.13 bits per heavy atom. The molecule has 122 valence electrons. The highest BCUT2D eigenvalue weighted by Gasteiger charge is 2.14. The van der Waals surface area contributed by atoms with Gasteiger partial charge in [-0.2, -0.15) is 0 Å². The van der Waals surface area contributed by atoms with Crippen LogP contribution in [0.5, 0.6) is 0 Å². The Morgan fingerprint density at radius 2 is 1.87 bits per heavy atom. The number of hydrogen-bond donors (Lipinski definition) is 1. The summed E-state index contributed by atoms with van der Waals surface area (Å²) in [6.07, 6.45) is 0.898. The third-order valence-corrected chi connectivity index (χ3v) is 3.53. The van der Waals surface area contributed by atoms with Crippen molar-refractivity contribution in [2.75, 3.05) is 11.4 Å². The van der Waals surface area contributed by atoms with Crippen LogP contribution in [0.1, 0.15) is 43.2 Å². The standard InChI is InChI=1S/C18H24N4O/c1-4-12-19-18(23)16-10-11-17(21-20-16)22(14(2)3)13-15-8-6-5-7-9-15/h5-11,14H,4,12-13H2,1-3H3,(H,19,23). The van der Waals surface area contributed by atoms with Gasteiger partial charge in [0.15, 0.2) is 11.5 Å². The molecule has 0 fully saturated rings. The van der Waals surface area contributed by atoms with E-state index in [0.717, 1.165) is 18.8 Å². The van der Waals surface area contributed by atoms with E-state index >= 15 is 0 Å². The van der Waals surface area contributed by atoms with Crippen LogP contribution in [-0.2, 0) is 6.54 Å². The molecule has 0 atom stereocenters. The van der Waals surface area contributed by atoms with Crippen LogP contribution >= 0.6 is 0 Å². The van der Waals surface area contributed by atoms with Crippen LogP contribution < -0.4 is 10.2 Å². The molecule has 0 aliphatic heterocycles. The van der Waals surface area contributed by atoms with Gasteiger partial charge in [0, 0.05) is 19.1 Å². The minimum Gasteiger partial charge on any atom is -0.351 e. The van der Waals surface area contributed by atoms with Crippen LogP contribution in [0.3, 0.4) is 0 Å². The first-order chi connectivity index (χ1) is 11.1. The Bertz CT molecular complexity index is 611. The molecule has 2 rings (SSSR count). The minimum atomic E-state index is -0.176. The lowest BCUT2D eigenvalue weighted by Gasteiger charge is -2.27. The number of hydrogen-bond acceptors (Lipinski definition) is 4. The number of carbonyl (C=O) groups excluding carboxylic acids is 1. The molecule has 1 aromatic heterocycles. The summed E-state index contributed by atoms with van der Waals surface area (Å²) < 4.78 is 0. The number of amides is 1. The number of nitrogens with one attached hydrogen (secondary N) is 1. The topological polar surface area (TPSA) is 58.1 Å². The highest BCUT2D eigenvalue weighted by Crippen LogP contribution is 2.17. The highest BCUT2D eigenvalue weighted by atomic mass is 16.1. The summed E-state index contributed by atoms with van der Waals surface area (Å²) in [6, 6.07) is 14.1. The van der Waals surface area contributed by atoms with Gasteiger partial charge >= 0.3 is 0 Å². The smallest absolute Gasteiger partial charge is 0.271 e. The number of aromatic nitrogens is 2. The molecule has 0 unspecified atom stereocenters. The normalized spacial score (nSPS) is 10.6. The van der Waals surface area contributed by atoms with Gasteiger partial charge in [0.2, 0.25) is 0 Å². The van der Waals surface area contributed by atoms with Gasteiger partial charge in [0.1, 0.15) is 0 Å². The average Bonchev–Trinajstić information content (AvgIpc) is 2.58. The first kappa shape index (κ1) is 16.9. The van der Waals surface area contributed by atoms with E-state index in [9.17, 15) is 4.79 Å². The molecule has 0 bridgehead atoms. The lowest BCUT2D eigenvalue weighted by atomic mass is 10.2. The van der Waals surface area contributed by atoms with Gasteiger partial charge in [0.25, 0.3) is 5.91 Å². The lowest BCUT2D eigenvalue weighted by molar-refractivity contribution is 0.0947. The molecule has 1 aromatic carbocycles. The van der Waals surface area contributed by atoms with Crippen LogP contribution in [0.25, 0.3) is 0 Å². The Balaban J connectivity index is 2.12. The molecule has 5 heteroatoms. The summed E-state index contributed by atoms with van der Waals surface area (Å²) in [4.78, 5) is 14.0. The molecule has 0 aliphatic carbocycles. The summed E-state index contributed by atoms with van der Waals surface area (Å²) in [7, 11) is 0. The summed E-state index contributed by atoms with van der Waals surface area (Å²) in [5, 5.41) is 11.1. The fourth-order valence-electron chi connectivity index (χ4n) is 2.24. The molecule has 5 nitrogen and oxygen atoms in total. The fraction of sp³-hybridized carbons (Fsp3) is 0.389. The lowest BCUT2D eigenvalue weighted by Crippen LogP contribution is -2.31. The second-order valence-corrected chi connectivity index (χ2v) is 5.74. The largest absolute Gasteiger partial charge is 0.351 e. The Hall–Kier alpha value is -2.43. The molecule has 23 heavy (non-hydrogen) atoms. The first-order valence-electron chi connectivity index (χ1n) is 8.04. The SMILES string of the molecule is CCCNC(=O)c1ccc(N(Cc2ccccc2)C(C)C)nn1. The van der Waals surface area contributed by atoms with Gasteiger partial charge in [-0.25, -0.2) is 0 Å². The summed E-state index contributed by atoms with van der Waals surface area (Å²) >= 11 is 0. The maximum Gasteiger partial charge on any atom is 0.271 e. The quantitative estimate of drug-likeness (QED) is 0.854. The molecule has 1 amide bonds. The predicted molar refractivity (Wildman–Crippen MR) is 92.4 cm³/mol. The molecule has 0 spiro atoms.